The van der Waals surface area contributed by atoms with Gasteiger partial charge in [0.15, 0.2) is 5.17 Å². The van der Waals surface area contributed by atoms with E-state index in [0.717, 1.165) is 16.2 Å². The summed E-state index contributed by atoms with van der Waals surface area (Å²) >= 11 is 5.41. The molecule has 3 rings (SSSR count). The lowest BCUT2D eigenvalue weighted by Crippen LogP contribution is -2.35. The van der Waals surface area contributed by atoms with Crippen molar-refractivity contribution in [3.05, 3.63) is 28.2 Å². The van der Waals surface area contributed by atoms with E-state index in [1.807, 2.05) is 11.8 Å². The topological polar surface area (TPSA) is 24.4 Å². The van der Waals surface area contributed by atoms with Crippen LogP contribution in [0.25, 0.3) is 0 Å². The molecule has 0 bridgehead atoms. The standard InChI is InChI=1S/C16H21BrN2S/c1-12-9-13(17)5-6-14(12)19-15-18-10-16(11-20-15)7-3-2-4-8-16/h5-6,9H,2-4,7-8,10-11H2,1H3,(H,18,19). The predicted octanol–water partition coefficient (Wildman–Crippen LogP) is 5.22. The summed E-state index contributed by atoms with van der Waals surface area (Å²) in [5.41, 5.74) is 2.92. The van der Waals surface area contributed by atoms with Gasteiger partial charge >= 0.3 is 0 Å². The summed E-state index contributed by atoms with van der Waals surface area (Å²) in [4.78, 5) is 4.82. The first-order valence-electron chi connectivity index (χ1n) is 7.37. The Hall–Kier alpha value is -0.480. The summed E-state index contributed by atoms with van der Waals surface area (Å²) in [6, 6.07) is 6.33. The number of aryl methyl sites for hydroxylation is 1. The number of rotatable bonds is 1. The second-order valence-corrected chi connectivity index (χ2v) is 7.93. The van der Waals surface area contributed by atoms with Crippen LogP contribution in [0, 0.1) is 12.3 Å². The average Bonchev–Trinajstić information content (AvgIpc) is 2.45. The number of amidine groups is 1. The molecular formula is C16H21BrN2S. The van der Waals surface area contributed by atoms with Crippen molar-refractivity contribution in [1.29, 1.82) is 0 Å². The summed E-state index contributed by atoms with van der Waals surface area (Å²) in [7, 11) is 0. The maximum Gasteiger partial charge on any atom is 0.161 e. The van der Waals surface area contributed by atoms with Crippen LogP contribution in [0.2, 0.25) is 0 Å². The largest absolute Gasteiger partial charge is 0.335 e. The van der Waals surface area contributed by atoms with E-state index in [1.165, 1.54) is 49.1 Å². The van der Waals surface area contributed by atoms with Gasteiger partial charge in [0.25, 0.3) is 0 Å². The number of thioether (sulfide) groups is 1. The third-order valence-corrected chi connectivity index (χ3v) is 6.17. The van der Waals surface area contributed by atoms with E-state index in [2.05, 4.69) is 46.4 Å². The fourth-order valence-corrected chi connectivity index (χ4v) is 4.75. The van der Waals surface area contributed by atoms with Crippen LogP contribution in [0.1, 0.15) is 37.7 Å². The zero-order chi connectivity index (χ0) is 14.0. The first kappa shape index (κ1) is 14.5. The SMILES string of the molecule is Cc1cc(Br)ccc1NC1=NCC2(CCCCC2)CS1. The molecule has 1 heterocycles. The highest BCUT2D eigenvalue weighted by Gasteiger charge is 2.34. The fourth-order valence-electron chi connectivity index (χ4n) is 3.11. The van der Waals surface area contributed by atoms with Gasteiger partial charge in [0.05, 0.1) is 0 Å². The molecule has 20 heavy (non-hydrogen) atoms. The molecule has 0 atom stereocenters. The third kappa shape index (κ3) is 3.22. The van der Waals surface area contributed by atoms with Crippen molar-refractivity contribution in [2.24, 2.45) is 10.4 Å². The van der Waals surface area contributed by atoms with Gasteiger partial charge in [0, 0.05) is 22.5 Å². The molecule has 0 radical (unpaired) electrons. The molecule has 1 aliphatic carbocycles. The normalized spacial score (nSPS) is 21.6. The van der Waals surface area contributed by atoms with Gasteiger partial charge in [-0.15, -0.1) is 0 Å². The lowest BCUT2D eigenvalue weighted by molar-refractivity contribution is 0.232. The van der Waals surface area contributed by atoms with Gasteiger partial charge in [-0.05, 0) is 48.9 Å². The summed E-state index contributed by atoms with van der Waals surface area (Å²) in [6.07, 6.45) is 6.94. The van der Waals surface area contributed by atoms with Crippen LogP contribution < -0.4 is 5.32 Å². The number of aliphatic imine (C=N–C) groups is 1. The minimum absolute atomic E-state index is 0.503. The van der Waals surface area contributed by atoms with Crippen LogP contribution in [0.3, 0.4) is 0 Å². The molecule has 108 valence electrons. The molecule has 0 aromatic heterocycles. The van der Waals surface area contributed by atoms with Crippen LogP contribution in [0.15, 0.2) is 27.7 Å². The van der Waals surface area contributed by atoms with Gasteiger partial charge < -0.3 is 5.32 Å². The highest BCUT2D eigenvalue weighted by atomic mass is 79.9. The van der Waals surface area contributed by atoms with E-state index in [0.29, 0.717) is 5.41 Å². The monoisotopic (exact) mass is 352 g/mol. The van der Waals surface area contributed by atoms with E-state index in [1.54, 1.807) is 0 Å². The zero-order valence-electron chi connectivity index (χ0n) is 11.9. The van der Waals surface area contributed by atoms with Crippen LogP contribution in [-0.4, -0.2) is 17.5 Å². The number of nitrogens with one attached hydrogen (secondary N) is 1. The second kappa shape index (κ2) is 6.10. The van der Waals surface area contributed by atoms with Crippen LogP contribution in [-0.2, 0) is 0 Å². The van der Waals surface area contributed by atoms with Gasteiger partial charge in [-0.3, -0.25) is 4.99 Å². The molecule has 1 fully saturated rings. The maximum absolute atomic E-state index is 4.82. The Morgan fingerprint density at radius 2 is 2.05 bits per heavy atom. The molecule has 1 aromatic carbocycles. The number of hydrogen-bond acceptors (Lipinski definition) is 3. The average molecular weight is 353 g/mol. The molecule has 1 aliphatic heterocycles. The van der Waals surface area contributed by atoms with Gasteiger partial charge in [-0.25, -0.2) is 0 Å². The summed E-state index contributed by atoms with van der Waals surface area (Å²) < 4.78 is 1.12. The van der Waals surface area contributed by atoms with Crippen LogP contribution in [0.5, 0.6) is 0 Å². The number of nitrogens with zero attached hydrogens (tertiary/aromatic N) is 1. The highest BCUT2D eigenvalue weighted by Crippen LogP contribution is 2.42. The quantitative estimate of drug-likeness (QED) is 0.748. The summed E-state index contributed by atoms with van der Waals surface area (Å²) in [5.74, 6) is 1.23. The zero-order valence-corrected chi connectivity index (χ0v) is 14.3. The molecule has 0 saturated heterocycles. The van der Waals surface area contributed by atoms with E-state index in [9.17, 15) is 0 Å². The van der Waals surface area contributed by atoms with E-state index >= 15 is 0 Å². The predicted molar refractivity (Wildman–Crippen MR) is 92.8 cm³/mol. The molecule has 1 spiro atoms. The first-order chi connectivity index (χ1) is 9.67. The van der Waals surface area contributed by atoms with Crippen LogP contribution in [0.4, 0.5) is 5.69 Å². The van der Waals surface area contributed by atoms with Gasteiger partial charge in [0.2, 0.25) is 0 Å². The van der Waals surface area contributed by atoms with Gasteiger partial charge in [-0.1, -0.05) is 47.0 Å². The Labute approximate surface area is 134 Å². The molecule has 1 saturated carbocycles. The van der Waals surface area contributed by atoms with E-state index in [4.69, 9.17) is 4.99 Å². The summed E-state index contributed by atoms with van der Waals surface area (Å²) in [6.45, 7) is 3.14. The van der Waals surface area contributed by atoms with E-state index in [-0.39, 0.29) is 0 Å². The van der Waals surface area contributed by atoms with Crippen molar-refractivity contribution in [3.63, 3.8) is 0 Å². The Morgan fingerprint density at radius 3 is 2.70 bits per heavy atom. The number of anilines is 1. The van der Waals surface area contributed by atoms with E-state index < -0.39 is 0 Å². The maximum atomic E-state index is 4.82. The lowest BCUT2D eigenvalue weighted by atomic mass is 9.75. The van der Waals surface area contributed by atoms with Gasteiger partial charge in [-0.2, -0.15) is 0 Å². The molecule has 0 unspecified atom stereocenters. The van der Waals surface area contributed by atoms with Crippen molar-refractivity contribution in [3.8, 4) is 0 Å². The Kier molecular flexibility index (Phi) is 4.41. The molecule has 4 heteroatoms. The molecule has 1 aromatic rings. The highest BCUT2D eigenvalue weighted by molar-refractivity contribution is 9.10. The molecule has 2 aliphatic rings. The van der Waals surface area contributed by atoms with Crippen molar-refractivity contribution in [2.45, 2.75) is 39.0 Å². The third-order valence-electron chi connectivity index (χ3n) is 4.42. The number of halogens is 1. The summed E-state index contributed by atoms with van der Waals surface area (Å²) in [5, 5.41) is 4.58. The number of hydrogen-bond donors (Lipinski definition) is 1. The molecule has 2 nitrogen and oxygen atoms in total. The molecule has 1 N–H and O–H groups in total. The fraction of sp³-hybridized carbons (Fsp3) is 0.562. The smallest absolute Gasteiger partial charge is 0.161 e. The van der Waals surface area contributed by atoms with Crippen LogP contribution >= 0.6 is 27.7 Å². The van der Waals surface area contributed by atoms with Crippen molar-refractivity contribution >= 4 is 38.5 Å². The minimum atomic E-state index is 0.503. The van der Waals surface area contributed by atoms with Crippen molar-refractivity contribution in [2.75, 3.05) is 17.6 Å². The lowest BCUT2D eigenvalue weighted by Gasteiger charge is -2.38. The van der Waals surface area contributed by atoms with Crippen molar-refractivity contribution in [1.82, 2.24) is 0 Å². The minimum Gasteiger partial charge on any atom is -0.335 e. The van der Waals surface area contributed by atoms with Gasteiger partial charge in [0.1, 0.15) is 0 Å². The number of benzene rings is 1. The Balaban J connectivity index is 1.67. The molecular weight excluding hydrogens is 332 g/mol. The Morgan fingerprint density at radius 1 is 1.25 bits per heavy atom. The second-order valence-electron chi connectivity index (χ2n) is 6.05. The first-order valence-corrected chi connectivity index (χ1v) is 9.15. The molecule has 0 amide bonds. The Bertz CT molecular complexity index is 521. The van der Waals surface area contributed by atoms with Crippen molar-refractivity contribution < 1.29 is 0 Å².